The fraction of sp³-hybridized carbons (Fsp3) is 0.200. The molecular formula is C15H14N2O3. The van der Waals surface area contributed by atoms with E-state index in [0.29, 0.717) is 12.0 Å². The van der Waals surface area contributed by atoms with Crippen LogP contribution >= 0.6 is 0 Å². The number of hydrogen-bond acceptors (Lipinski definition) is 2. The molecule has 5 nitrogen and oxygen atoms in total. The first kappa shape index (κ1) is 12.5. The molecule has 0 aliphatic heterocycles. The summed E-state index contributed by atoms with van der Waals surface area (Å²) < 4.78 is 0. The minimum Gasteiger partial charge on any atom is -0.481 e. The number of fused-ring (bicyclic) bond motifs is 1. The molecule has 1 aromatic heterocycles. The Labute approximate surface area is 115 Å². The Kier molecular flexibility index (Phi) is 3.02. The van der Waals surface area contributed by atoms with Gasteiger partial charge in [-0.2, -0.15) is 0 Å². The molecule has 2 unspecified atom stereocenters. The second kappa shape index (κ2) is 4.85. The number of amides is 1. The quantitative estimate of drug-likeness (QED) is 0.745. The molecule has 1 aromatic carbocycles. The van der Waals surface area contributed by atoms with Crippen LogP contribution < -0.4 is 5.32 Å². The van der Waals surface area contributed by atoms with Crippen LogP contribution in [0.3, 0.4) is 0 Å². The zero-order valence-electron chi connectivity index (χ0n) is 10.7. The largest absolute Gasteiger partial charge is 0.481 e. The maximum absolute atomic E-state index is 12.1. The first-order chi connectivity index (χ1) is 9.63. The number of carbonyl (C=O) groups is 2. The normalized spacial score (nSPS) is 21.2. The fourth-order valence-corrected chi connectivity index (χ4v) is 2.44. The van der Waals surface area contributed by atoms with Crippen molar-refractivity contribution >= 4 is 22.8 Å². The van der Waals surface area contributed by atoms with Crippen molar-refractivity contribution in [2.75, 3.05) is 0 Å². The van der Waals surface area contributed by atoms with Gasteiger partial charge in [-0.1, -0.05) is 12.2 Å². The van der Waals surface area contributed by atoms with E-state index >= 15 is 0 Å². The molecule has 0 spiro atoms. The molecule has 1 amide bonds. The third-order valence-corrected chi connectivity index (χ3v) is 3.53. The number of aliphatic carboxylic acids is 1. The van der Waals surface area contributed by atoms with Crippen molar-refractivity contribution in [3.05, 3.63) is 48.2 Å². The molecular weight excluding hydrogens is 256 g/mol. The number of carboxylic acids is 1. The lowest BCUT2D eigenvalue weighted by molar-refractivity contribution is -0.140. The van der Waals surface area contributed by atoms with Crippen molar-refractivity contribution in [3.8, 4) is 0 Å². The highest BCUT2D eigenvalue weighted by Crippen LogP contribution is 2.19. The summed E-state index contributed by atoms with van der Waals surface area (Å²) in [7, 11) is 0. The van der Waals surface area contributed by atoms with E-state index in [0.717, 1.165) is 10.9 Å². The fourth-order valence-electron chi connectivity index (χ4n) is 2.44. The van der Waals surface area contributed by atoms with Crippen LogP contribution in [0.5, 0.6) is 0 Å². The van der Waals surface area contributed by atoms with Gasteiger partial charge in [0.2, 0.25) is 0 Å². The zero-order chi connectivity index (χ0) is 14.1. The van der Waals surface area contributed by atoms with Crippen LogP contribution in [0.25, 0.3) is 10.9 Å². The van der Waals surface area contributed by atoms with E-state index in [9.17, 15) is 9.59 Å². The van der Waals surface area contributed by atoms with E-state index in [4.69, 9.17) is 5.11 Å². The van der Waals surface area contributed by atoms with Crippen LogP contribution in [-0.4, -0.2) is 28.0 Å². The lowest BCUT2D eigenvalue weighted by atomic mass is 10.1. The molecule has 1 aliphatic rings. The number of benzene rings is 1. The Bertz CT molecular complexity index is 702. The van der Waals surface area contributed by atoms with Crippen molar-refractivity contribution in [2.24, 2.45) is 5.92 Å². The van der Waals surface area contributed by atoms with Crippen molar-refractivity contribution in [1.82, 2.24) is 10.3 Å². The van der Waals surface area contributed by atoms with Gasteiger partial charge in [-0.25, -0.2) is 0 Å². The average Bonchev–Trinajstić information content (AvgIpc) is 3.05. The lowest BCUT2D eigenvalue weighted by Gasteiger charge is -2.12. The van der Waals surface area contributed by atoms with E-state index in [1.165, 1.54) is 0 Å². The van der Waals surface area contributed by atoms with Crippen LogP contribution in [0, 0.1) is 5.92 Å². The van der Waals surface area contributed by atoms with Gasteiger partial charge in [-0.15, -0.1) is 0 Å². The molecule has 0 radical (unpaired) electrons. The summed E-state index contributed by atoms with van der Waals surface area (Å²) in [6.45, 7) is 0. The van der Waals surface area contributed by atoms with Gasteiger partial charge in [0.25, 0.3) is 5.91 Å². The van der Waals surface area contributed by atoms with Crippen LogP contribution in [0.2, 0.25) is 0 Å². The Morgan fingerprint density at radius 2 is 2.10 bits per heavy atom. The van der Waals surface area contributed by atoms with Crippen molar-refractivity contribution in [1.29, 1.82) is 0 Å². The third-order valence-electron chi connectivity index (χ3n) is 3.53. The number of aromatic amines is 1. The highest BCUT2D eigenvalue weighted by atomic mass is 16.4. The minimum absolute atomic E-state index is 0.186. The molecule has 20 heavy (non-hydrogen) atoms. The maximum atomic E-state index is 12.1. The van der Waals surface area contributed by atoms with Gasteiger partial charge < -0.3 is 15.4 Å². The number of carbonyl (C=O) groups excluding carboxylic acids is 1. The van der Waals surface area contributed by atoms with Crippen LogP contribution in [0.1, 0.15) is 16.8 Å². The Balaban J connectivity index is 1.70. The summed E-state index contributed by atoms with van der Waals surface area (Å²) in [6.07, 6.45) is 5.60. The van der Waals surface area contributed by atoms with Gasteiger partial charge in [0.05, 0.1) is 5.92 Å². The maximum Gasteiger partial charge on any atom is 0.310 e. The lowest BCUT2D eigenvalue weighted by Crippen LogP contribution is -2.33. The molecule has 0 saturated carbocycles. The smallest absolute Gasteiger partial charge is 0.310 e. The standard InChI is InChI=1S/C15H14N2O3/c18-14(17-12-3-1-11(8-12)15(19)20)10-2-4-13-9(7-10)5-6-16-13/h1-7,11-12,16H,8H2,(H,17,18)(H,19,20). The van der Waals surface area contributed by atoms with Crippen molar-refractivity contribution < 1.29 is 14.7 Å². The molecule has 2 aromatic rings. The Hall–Kier alpha value is -2.56. The number of nitrogens with one attached hydrogen (secondary N) is 2. The second-order valence-electron chi connectivity index (χ2n) is 4.92. The number of aromatic nitrogens is 1. The van der Waals surface area contributed by atoms with Crippen molar-refractivity contribution in [3.63, 3.8) is 0 Å². The minimum atomic E-state index is -0.855. The number of hydrogen-bond donors (Lipinski definition) is 3. The van der Waals surface area contributed by atoms with Gasteiger partial charge in [-0.3, -0.25) is 9.59 Å². The van der Waals surface area contributed by atoms with Gasteiger partial charge in [0.1, 0.15) is 0 Å². The summed E-state index contributed by atoms with van der Waals surface area (Å²) in [6, 6.07) is 7.11. The van der Waals surface area contributed by atoms with E-state index in [1.807, 2.05) is 24.4 Å². The zero-order valence-corrected chi connectivity index (χ0v) is 10.7. The van der Waals surface area contributed by atoms with E-state index < -0.39 is 11.9 Å². The number of rotatable bonds is 3. The first-order valence-corrected chi connectivity index (χ1v) is 6.42. The topological polar surface area (TPSA) is 82.2 Å². The number of H-pyrrole nitrogens is 1. The molecule has 2 atom stereocenters. The molecule has 5 heteroatoms. The number of carboxylic acid groups (broad SMARTS) is 1. The third kappa shape index (κ3) is 2.30. The van der Waals surface area contributed by atoms with Crippen molar-refractivity contribution in [2.45, 2.75) is 12.5 Å². The van der Waals surface area contributed by atoms with Gasteiger partial charge >= 0.3 is 5.97 Å². The molecule has 3 N–H and O–H groups in total. The van der Waals surface area contributed by atoms with Gasteiger partial charge in [-0.05, 0) is 30.7 Å². The Morgan fingerprint density at radius 1 is 1.25 bits per heavy atom. The molecule has 102 valence electrons. The highest BCUT2D eigenvalue weighted by molar-refractivity contribution is 5.98. The second-order valence-corrected chi connectivity index (χ2v) is 4.92. The molecule has 1 aliphatic carbocycles. The molecule has 1 heterocycles. The van der Waals surface area contributed by atoms with E-state index in [1.54, 1.807) is 18.2 Å². The summed E-state index contributed by atoms with van der Waals surface area (Å²) in [5, 5.41) is 12.7. The van der Waals surface area contributed by atoms with Gasteiger partial charge in [0.15, 0.2) is 0 Å². The molecule has 3 rings (SSSR count). The van der Waals surface area contributed by atoms with Crippen LogP contribution in [0.4, 0.5) is 0 Å². The summed E-state index contributed by atoms with van der Waals surface area (Å²) in [5.41, 5.74) is 1.55. The monoisotopic (exact) mass is 270 g/mol. The van der Waals surface area contributed by atoms with Gasteiger partial charge in [0, 0.05) is 28.7 Å². The van der Waals surface area contributed by atoms with E-state index in [-0.39, 0.29) is 11.9 Å². The molecule has 0 saturated heterocycles. The molecule has 0 bridgehead atoms. The summed E-state index contributed by atoms with van der Waals surface area (Å²) in [4.78, 5) is 26.1. The summed E-state index contributed by atoms with van der Waals surface area (Å²) in [5.74, 6) is -1.55. The van der Waals surface area contributed by atoms with Crippen LogP contribution in [-0.2, 0) is 4.79 Å². The van der Waals surface area contributed by atoms with E-state index in [2.05, 4.69) is 10.3 Å². The Morgan fingerprint density at radius 3 is 2.85 bits per heavy atom. The summed E-state index contributed by atoms with van der Waals surface area (Å²) >= 11 is 0. The predicted octanol–water partition coefficient (Wildman–Crippen LogP) is 1.93. The van der Waals surface area contributed by atoms with Crippen LogP contribution in [0.15, 0.2) is 42.6 Å². The highest BCUT2D eigenvalue weighted by Gasteiger charge is 2.25. The molecule has 0 fully saturated rings. The average molecular weight is 270 g/mol. The SMILES string of the molecule is O=C(NC1C=CC(C(=O)O)C1)c1ccc2[nH]ccc2c1. The predicted molar refractivity (Wildman–Crippen MR) is 74.4 cm³/mol. The first-order valence-electron chi connectivity index (χ1n) is 6.42.